The SMILES string of the molecule is C.C.CCCCCCCC.CCCCCCCC.CCCCN(CCCC)OS(=O)(=O)c1cc(S(=O)(=O)c2ccc(Oc3ccc(C(C)(C)c4ccc(OC)cc4)cc3)c(S(=O)(=O)ON(CCCC)CCCC)c2)ccc1Oc1ccc(C(C)(C)c2ccc(C)cc2)cc1.CCCC[Si](C)(C)OC(C)(C)CCCOc1ccc(C(C)(C)c2ccc(Oc3ccc(S(=O)(=O)c4ccc(OC)cc4)cc3)cc2)cc1. The zero-order valence-corrected chi connectivity index (χ0v) is 92.4. The molecule has 0 radical (unpaired) electrons. The van der Waals surface area contributed by atoms with Crippen LogP contribution in [0.1, 0.15) is 326 Å². The minimum Gasteiger partial charge on any atom is -0.497 e. The Bertz CT molecular complexity index is 5740. The Morgan fingerprint density at radius 3 is 0.859 bits per heavy atom. The molecule has 10 aromatic rings. The molecule has 142 heavy (non-hydrogen) atoms. The number of methoxy groups -OCH3 is 2. The van der Waals surface area contributed by atoms with Gasteiger partial charge in [0.2, 0.25) is 19.7 Å². The number of hydrogen-bond donors (Lipinski definition) is 0. The van der Waals surface area contributed by atoms with Gasteiger partial charge in [0, 0.05) is 42.4 Å². The zero-order chi connectivity index (χ0) is 103. The summed E-state index contributed by atoms with van der Waals surface area (Å²) in [5.74, 6) is 3.68. The van der Waals surface area contributed by atoms with E-state index in [4.69, 9.17) is 41.4 Å². The number of hydroxylamine groups is 4. The molecule has 10 aromatic carbocycles. The van der Waals surface area contributed by atoms with Gasteiger partial charge in [-0.05, 0) is 257 Å². The molecule has 0 aliphatic rings. The second-order valence-corrected chi connectivity index (χ2v) is 50.2. The van der Waals surface area contributed by atoms with Crippen molar-refractivity contribution in [3.8, 4) is 51.7 Å². The van der Waals surface area contributed by atoms with Crippen LogP contribution in [0.3, 0.4) is 0 Å². The third kappa shape index (κ3) is 38.3. The lowest BCUT2D eigenvalue weighted by Crippen LogP contribution is -2.41. The number of benzene rings is 10. The number of sulfone groups is 2. The topological polar surface area (TPSA) is 226 Å². The largest absolute Gasteiger partial charge is 0.497 e. The number of unbranched alkanes of at least 4 members (excludes halogenated alkanes) is 15. The molecule has 0 atom stereocenters. The van der Waals surface area contributed by atoms with Crippen LogP contribution in [-0.4, -0.2) is 105 Å². The summed E-state index contributed by atoms with van der Waals surface area (Å²) in [6, 6.07) is 68.0. The van der Waals surface area contributed by atoms with Gasteiger partial charge in [-0.1, -0.05) is 325 Å². The number of ether oxygens (including phenoxy) is 6. The monoisotopic (exact) mass is 2050 g/mol. The van der Waals surface area contributed by atoms with Gasteiger partial charge >= 0.3 is 20.2 Å². The van der Waals surface area contributed by atoms with Crippen molar-refractivity contribution >= 4 is 48.2 Å². The molecule has 0 bridgehead atoms. The third-order valence-corrected chi connectivity index (χ3v) is 34.0. The first-order chi connectivity index (χ1) is 66.6. The lowest BCUT2D eigenvalue weighted by atomic mass is 9.78. The average molecular weight is 2050 g/mol. The predicted molar refractivity (Wildman–Crippen MR) is 588 cm³/mol. The second-order valence-electron chi connectivity index (χ2n) is 39.1. The van der Waals surface area contributed by atoms with E-state index in [0.29, 0.717) is 81.5 Å². The van der Waals surface area contributed by atoms with E-state index in [-0.39, 0.29) is 58.3 Å². The summed E-state index contributed by atoms with van der Waals surface area (Å²) >= 11 is 0. The second kappa shape index (κ2) is 60.1. The van der Waals surface area contributed by atoms with Crippen molar-refractivity contribution in [3.05, 3.63) is 269 Å². The highest BCUT2D eigenvalue weighted by Crippen LogP contribution is 2.43. The molecule has 0 heterocycles. The standard InChI is InChI=1S/C60H76N2O11S3.C40H52O6SSi.2C8H18.2CH4/c1-11-15-39-61(40-16-12-2)72-75(65,66)57-43-53(35-37-55(57)70-51-31-25-48(26-32-51)59(6,7)46-21-19-45(5)20-22-46)74(63,64)54-36-38-56(58(44-54)76(67,68)73-62(41-17-13-3)42-18-14-4)71-52-33-27-49(28-34-52)60(8,9)47-23-29-50(69-10)30-24-47;1-9-10-30-48(7,8)46-39(2,3)28-11-29-44-34-16-12-31(13-17-34)40(4,5)32-14-18-35(19-15-32)45-36-22-26-38(27-23-36)47(41,42)37-24-20-33(43-6)21-25-37;2*1-3-5-7-8-6-4-2;;/h19-38,43-44H,11-18,39-42H2,1-10H3;12-27H,9-11,28-30H2,1-8H3;2*3-8H2,1-2H3;2*1H4. The fourth-order valence-electron chi connectivity index (χ4n) is 16.2. The predicted octanol–water partition coefficient (Wildman–Crippen LogP) is 32.7. The van der Waals surface area contributed by atoms with Crippen molar-refractivity contribution in [3.63, 3.8) is 0 Å². The maximum absolute atomic E-state index is 14.9. The van der Waals surface area contributed by atoms with Gasteiger partial charge in [-0.3, -0.25) is 0 Å². The molecule has 0 aliphatic heterocycles. The Morgan fingerprint density at radius 1 is 0.296 bits per heavy atom. The summed E-state index contributed by atoms with van der Waals surface area (Å²) in [7, 11) is -16.3. The maximum atomic E-state index is 14.9. The summed E-state index contributed by atoms with van der Waals surface area (Å²) in [6.45, 7) is 45.0. The van der Waals surface area contributed by atoms with Crippen molar-refractivity contribution in [2.24, 2.45) is 0 Å². The van der Waals surface area contributed by atoms with Gasteiger partial charge in [-0.15, -0.1) is 0 Å². The van der Waals surface area contributed by atoms with E-state index >= 15 is 0 Å². The molecule has 24 heteroatoms. The van der Waals surface area contributed by atoms with E-state index < -0.39 is 73.2 Å². The van der Waals surface area contributed by atoms with Gasteiger partial charge in [-0.2, -0.15) is 35.5 Å². The first-order valence-electron chi connectivity index (χ1n) is 51.0. The van der Waals surface area contributed by atoms with Crippen LogP contribution in [0.25, 0.3) is 0 Å². The normalized spacial score (nSPS) is 12.1. The molecular weight excluding hydrogens is 1870 g/mol. The quantitative estimate of drug-likeness (QED) is 0.0196. The zero-order valence-electron chi connectivity index (χ0n) is 88.1. The Labute approximate surface area is 859 Å². The van der Waals surface area contributed by atoms with E-state index in [1.54, 1.807) is 87.0 Å². The number of aryl methyl sites for hydroxylation is 1. The highest BCUT2D eigenvalue weighted by atomic mass is 32.2. The van der Waals surface area contributed by atoms with Crippen LogP contribution in [0.2, 0.25) is 19.1 Å². The molecular formula is C118H172N2O17S4Si. The summed E-state index contributed by atoms with van der Waals surface area (Å²) in [6.07, 6.45) is 27.1. The van der Waals surface area contributed by atoms with Gasteiger partial charge in [0.25, 0.3) is 0 Å². The number of hydrogen-bond acceptors (Lipinski definition) is 19. The van der Waals surface area contributed by atoms with Crippen LogP contribution in [-0.2, 0) is 69.1 Å². The van der Waals surface area contributed by atoms with Gasteiger partial charge in [0.1, 0.15) is 61.5 Å². The molecule has 0 saturated heterocycles. The first kappa shape index (κ1) is 123. The van der Waals surface area contributed by atoms with E-state index in [0.717, 1.165) is 95.5 Å². The molecule has 0 saturated carbocycles. The maximum Gasteiger partial charge on any atom is 0.316 e. The molecule has 0 spiro atoms. The molecule has 0 N–H and O–H groups in total. The Kier molecular flexibility index (Phi) is 52.1. The van der Waals surface area contributed by atoms with Crippen molar-refractivity contribution in [1.29, 1.82) is 0 Å². The molecule has 0 unspecified atom stereocenters. The fourth-order valence-corrected chi connectivity index (χ4v) is 24.1. The minimum atomic E-state index is -4.76. The Balaban J connectivity index is 0.000000456. The van der Waals surface area contributed by atoms with Crippen LogP contribution >= 0.6 is 0 Å². The van der Waals surface area contributed by atoms with Crippen LogP contribution < -0.4 is 28.4 Å². The van der Waals surface area contributed by atoms with E-state index in [2.05, 4.69) is 164 Å². The molecule has 784 valence electrons. The first-order valence-corrected chi connectivity index (χ1v) is 59.9. The molecule has 0 aromatic heterocycles. The fraction of sp³-hybridized carbons (Fsp3) is 0.492. The average Bonchev–Trinajstić information content (AvgIpc) is 0.750. The van der Waals surface area contributed by atoms with E-state index in [1.165, 1.54) is 136 Å². The highest BCUT2D eigenvalue weighted by Gasteiger charge is 2.36. The van der Waals surface area contributed by atoms with E-state index in [1.807, 2.05) is 95.3 Å². The third-order valence-electron chi connectivity index (χ3n) is 25.3. The molecule has 0 amide bonds. The van der Waals surface area contributed by atoms with Crippen LogP contribution in [0, 0.1) is 6.92 Å². The number of rotatable bonds is 56. The molecule has 0 aliphatic carbocycles. The van der Waals surface area contributed by atoms with Crippen molar-refractivity contribution in [2.45, 2.75) is 364 Å². The smallest absolute Gasteiger partial charge is 0.316 e. The Morgan fingerprint density at radius 2 is 0.556 bits per heavy atom. The lowest BCUT2D eigenvalue weighted by molar-refractivity contribution is -0.0535. The van der Waals surface area contributed by atoms with Gasteiger partial charge in [0.05, 0.1) is 46.0 Å². The Hall–Kier alpha value is -9.18. The van der Waals surface area contributed by atoms with Crippen molar-refractivity contribution < 1.29 is 75.1 Å². The van der Waals surface area contributed by atoms with Gasteiger partial charge in [0.15, 0.2) is 8.32 Å². The lowest BCUT2D eigenvalue weighted by Gasteiger charge is -2.35. The summed E-state index contributed by atoms with van der Waals surface area (Å²) in [5.41, 5.74) is 6.44. The number of nitrogens with zero attached hydrogens (tertiary/aromatic N) is 2. The van der Waals surface area contributed by atoms with Crippen molar-refractivity contribution in [2.75, 3.05) is 47.0 Å². The highest BCUT2D eigenvalue weighted by molar-refractivity contribution is 7.92. The molecule has 19 nitrogen and oxygen atoms in total. The van der Waals surface area contributed by atoms with Gasteiger partial charge < -0.3 is 32.8 Å². The molecule has 0 fully saturated rings. The minimum absolute atomic E-state index is 0. The van der Waals surface area contributed by atoms with Crippen LogP contribution in [0.15, 0.2) is 260 Å². The van der Waals surface area contributed by atoms with Crippen molar-refractivity contribution in [1.82, 2.24) is 10.1 Å². The summed E-state index contributed by atoms with van der Waals surface area (Å²) in [4.78, 5) is -1.57. The summed E-state index contributed by atoms with van der Waals surface area (Å²) < 4.78 is 167. The summed E-state index contributed by atoms with van der Waals surface area (Å²) in [5, 5.41) is 2.76. The van der Waals surface area contributed by atoms with Crippen LogP contribution in [0.5, 0.6) is 51.7 Å². The van der Waals surface area contributed by atoms with Crippen LogP contribution in [0.4, 0.5) is 0 Å². The molecule has 10 rings (SSSR count). The van der Waals surface area contributed by atoms with Gasteiger partial charge in [-0.25, -0.2) is 16.8 Å². The van der Waals surface area contributed by atoms with E-state index in [9.17, 15) is 33.7 Å².